The molecule has 158 valence electrons. The molecule has 1 amide bonds. The van der Waals surface area contributed by atoms with Crippen LogP contribution < -0.4 is 16.0 Å². The summed E-state index contributed by atoms with van der Waals surface area (Å²) in [6.45, 7) is 1.97. The summed E-state index contributed by atoms with van der Waals surface area (Å²) in [6.07, 6.45) is 3.34. The molecule has 3 N–H and O–H groups in total. The molecule has 32 heavy (non-hydrogen) atoms. The maximum Gasteiger partial charge on any atom is 0.255 e. The van der Waals surface area contributed by atoms with Crippen LogP contribution in [0.2, 0.25) is 0 Å². The number of amides is 1. The third-order valence-corrected chi connectivity index (χ3v) is 5.48. The van der Waals surface area contributed by atoms with Gasteiger partial charge in [-0.25, -0.2) is 4.98 Å². The van der Waals surface area contributed by atoms with Crippen molar-refractivity contribution in [3.05, 3.63) is 101 Å². The Morgan fingerprint density at radius 2 is 1.75 bits per heavy atom. The minimum absolute atomic E-state index is 0.113. The van der Waals surface area contributed by atoms with Crippen LogP contribution in [0.25, 0.3) is 0 Å². The van der Waals surface area contributed by atoms with E-state index in [1.807, 2.05) is 67.6 Å². The molecule has 0 unspecified atom stereocenters. The van der Waals surface area contributed by atoms with E-state index in [9.17, 15) is 4.79 Å². The number of anilines is 5. The molecule has 2 heterocycles. The molecular weight excluding hydrogens is 398 g/mol. The highest BCUT2D eigenvalue weighted by Crippen LogP contribution is 2.26. The topological polar surface area (TPSA) is 78.9 Å². The normalized spacial score (nSPS) is 12.3. The molecule has 3 aromatic carbocycles. The average Bonchev–Trinajstić information content (AvgIpc) is 2.81. The number of carbonyl (C=O) groups is 1. The van der Waals surface area contributed by atoms with E-state index in [-0.39, 0.29) is 5.91 Å². The molecular formula is C26H23N5O. The number of hydrogen-bond acceptors (Lipinski definition) is 5. The van der Waals surface area contributed by atoms with E-state index >= 15 is 0 Å². The van der Waals surface area contributed by atoms with Crippen molar-refractivity contribution in [1.29, 1.82) is 0 Å². The van der Waals surface area contributed by atoms with E-state index in [0.29, 0.717) is 11.5 Å². The summed E-state index contributed by atoms with van der Waals surface area (Å²) < 4.78 is 0. The third kappa shape index (κ3) is 4.30. The number of fused-ring (bicyclic) bond motifs is 6. The number of para-hydroxylation sites is 1. The van der Waals surface area contributed by atoms with E-state index in [4.69, 9.17) is 0 Å². The van der Waals surface area contributed by atoms with Crippen LogP contribution in [0.5, 0.6) is 0 Å². The van der Waals surface area contributed by atoms with Crippen LogP contribution >= 0.6 is 0 Å². The monoisotopic (exact) mass is 421 g/mol. The van der Waals surface area contributed by atoms with E-state index in [0.717, 1.165) is 46.8 Å². The Labute approximate surface area is 186 Å². The van der Waals surface area contributed by atoms with Gasteiger partial charge in [0, 0.05) is 34.4 Å². The van der Waals surface area contributed by atoms with Gasteiger partial charge in [-0.3, -0.25) is 4.79 Å². The highest BCUT2D eigenvalue weighted by atomic mass is 16.1. The van der Waals surface area contributed by atoms with Crippen molar-refractivity contribution in [3.63, 3.8) is 0 Å². The molecule has 6 nitrogen and oxygen atoms in total. The van der Waals surface area contributed by atoms with Crippen LogP contribution in [-0.2, 0) is 12.8 Å². The molecule has 0 atom stereocenters. The van der Waals surface area contributed by atoms with E-state index in [1.54, 1.807) is 6.20 Å². The summed E-state index contributed by atoms with van der Waals surface area (Å²) in [5.41, 5.74) is 6.36. The molecule has 0 saturated carbocycles. The summed E-state index contributed by atoms with van der Waals surface area (Å²) in [5, 5.41) is 9.68. The fourth-order valence-electron chi connectivity index (χ4n) is 3.80. The zero-order chi connectivity index (χ0) is 21.9. The van der Waals surface area contributed by atoms with Crippen molar-refractivity contribution >= 4 is 34.7 Å². The van der Waals surface area contributed by atoms with Gasteiger partial charge in [-0.2, -0.15) is 4.98 Å². The van der Waals surface area contributed by atoms with Gasteiger partial charge < -0.3 is 16.0 Å². The van der Waals surface area contributed by atoms with Gasteiger partial charge in [0.05, 0.1) is 0 Å². The SMILES string of the molecule is Cc1cnc2nc1Nc1ccc(C(=O)Nc3ccccc3)c(c1)CCc1cccc(c1)N2. The zero-order valence-corrected chi connectivity index (χ0v) is 17.7. The number of hydrogen-bond donors (Lipinski definition) is 3. The molecule has 1 aliphatic heterocycles. The number of nitrogens with one attached hydrogen (secondary N) is 3. The largest absolute Gasteiger partial charge is 0.340 e. The Morgan fingerprint density at radius 3 is 2.62 bits per heavy atom. The quantitative estimate of drug-likeness (QED) is 0.391. The van der Waals surface area contributed by atoms with Crippen LogP contribution in [0.15, 0.2) is 79.0 Å². The maximum atomic E-state index is 13.1. The Morgan fingerprint density at radius 1 is 0.906 bits per heavy atom. The van der Waals surface area contributed by atoms with Gasteiger partial charge in [0.25, 0.3) is 5.91 Å². The van der Waals surface area contributed by atoms with Crippen LogP contribution in [0.4, 0.5) is 28.8 Å². The van der Waals surface area contributed by atoms with Gasteiger partial charge >= 0.3 is 0 Å². The Balaban J connectivity index is 1.54. The van der Waals surface area contributed by atoms with Crippen molar-refractivity contribution in [2.45, 2.75) is 19.8 Å². The second kappa shape index (κ2) is 8.51. The number of rotatable bonds is 2. The molecule has 0 radical (unpaired) electrons. The van der Waals surface area contributed by atoms with Crippen molar-refractivity contribution in [3.8, 4) is 0 Å². The smallest absolute Gasteiger partial charge is 0.255 e. The highest BCUT2D eigenvalue weighted by molar-refractivity contribution is 6.05. The first-order valence-corrected chi connectivity index (χ1v) is 10.6. The molecule has 0 spiro atoms. The molecule has 0 aliphatic carbocycles. The molecule has 5 rings (SSSR count). The number of carbonyl (C=O) groups excluding carboxylic acids is 1. The lowest BCUT2D eigenvalue weighted by molar-refractivity contribution is 0.102. The van der Waals surface area contributed by atoms with Gasteiger partial charge in [-0.15, -0.1) is 0 Å². The second-order valence-corrected chi connectivity index (χ2v) is 7.87. The Hall–Kier alpha value is -4.19. The highest BCUT2D eigenvalue weighted by Gasteiger charge is 2.15. The van der Waals surface area contributed by atoms with Gasteiger partial charge in [0.1, 0.15) is 5.82 Å². The summed E-state index contributed by atoms with van der Waals surface area (Å²) in [6, 6.07) is 23.6. The molecule has 1 aliphatic rings. The third-order valence-electron chi connectivity index (χ3n) is 5.48. The first kappa shape index (κ1) is 19.8. The van der Waals surface area contributed by atoms with E-state index in [1.165, 1.54) is 5.56 Å². The predicted molar refractivity (Wildman–Crippen MR) is 128 cm³/mol. The fraction of sp³-hybridized carbons (Fsp3) is 0.115. The Kier molecular flexibility index (Phi) is 5.25. The molecule has 4 aromatic rings. The second-order valence-electron chi connectivity index (χ2n) is 7.87. The molecule has 0 saturated heterocycles. The van der Waals surface area contributed by atoms with Crippen molar-refractivity contribution < 1.29 is 4.79 Å². The number of aryl methyl sites for hydroxylation is 3. The van der Waals surface area contributed by atoms with Crippen molar-refractivity contribution in [1.82, 2.24) is 9.97 Å². The molecule has 1 aromatic heterocycles. The lowest BCUT2D eigenvalue weighted by atomic mass is 9.98. The fourth-order valence-corrected chi connectivity index (χ4v) is 3.80. The van der Waals surface area contributed by atoms with Crippen LogP contribution in [0.1, 0.15) is 27.0 Å². The summed E-state index contributed by atoms with van der Waals surface area (Å²) in [5.74, 6) is 1.15. The lowest BCUT2D eigenvalue weighted by Gasteiger charge is -2.14. The van der Waals surface area contributed by atoms with Crippen LogP contribution in [-0.4, -0.2) is 15.9 Å². The summed E-state index contributed by atoms with van der Waals surface area (Å²) in [7, 11) is 0. The molecule has 0 fully saturated rings. The summed E-state index contributed by atoms with van der Waals surface area (Å²) >= 11 is 0. The molecule has 6 heteroatoms. The van der Waals surface area contributed by atoms with Crippen molar-refractivity contribution in [2.24, 2.45) is 0 Å². The number of benzene rings is 3. The minimum atomic E-state index is -0.113. The lowest BCUT2D eigenvalue weighted by Crippen LogP contribution is -2.15. The molecule has 6 bridgehead atoms. The predicted octanol–water partition coefficient (Wildman–Crippen LogP) is 5.62. The minimum Gasteiger partial charge on any atom is -0.340 e. The first-order valence-electron chi connectivity index (χ1n) is 10.6. The standard InChI is InChI=1S/C26H23N5O/c1-17-16-27-26-30-21-9-5-6-18(14-21)10-11-19-15-22(28-24(17)31-26)12-13-23(19)25(32)29-20-7-3-2-4-8-20/h2-9,12-16H,10-11H2,1H3,(H,29,32)(H2,27,28,30,31). The van der Waals surface area contributed by atoms with Crippen molar-refractivity contribution in [2.75, 3.05) is 16.0 Å². The number of aromatic nitrogens is 2. The van der Waals surface area contributed by atoms with Crippen LogP contribution in [0.3, 0.4) is 0 Å². The zero-order valence-electron chi connectivity index (χ0n) is 17.7. The summed E-state index contributed by atoms with van der Waals surface area (Å²) in [4.78, 5) is 22.1. The van der Waals surface area contributed by atoms with Crippen LogP contribution in [0, 0.1) is 6.92 Å². The van der Waals surface area contributed by atoms with E-state index < -0.39 is 0 Å². The average molecular weight is 422 g/mol. The van der Waals surface area contributed by atoms with Gasteiger partial charge in [0.2, 0.25) is 5.95 Å². The number of nitrogens with zero attached hydrogens (tertiary/aromatic N) is 2. The first-order chi connectivity index (χ1) is 15.6. The van der Waals surface area contributed by atoms with E-state index in [2.05, 4.69) is 38.1 Å². The maximum absolute atomic E-state index is 13.1. The van der Waals surface area contributed by atoms with Gasteiger partial charge in [-0.05, 0) is 73.4 Å². The van der Waals surface area contributed by atoms with Gasteiger partial charge in [0.15, 0.2) is 0 Å². The Bertz CT molecular complexity index is 1290. The van der Waals surface area contributed by atoms with Gasteiger partial charge in [-0.1, -0.05) is 30.3 Å².